The van der Waals surface area contributed by atoms with Crippen LogP contribution in [0.1, 0.15) is 23.4 Å². The zero-order chi connectivity index (χ0) is 13.0. The van der Waals surface area contributed by atoms with E-state index < -0.39 is 0 Å². The summed E-state index contributed by atoms with van der Waals surface area (Å²) in [5.74, 6) is 0. The van der Waals surface area contributed by atoms with E-state index in [1.807, 2.05) is 6.07 Å². The van der Waals surface area contributed by atoms with Crippen molar-refractivity contribution in [2.75, 3.05) is 7.05 Å². The van der Waals surface area contributed by atoms with Gasteiger partial charge in [-0.05, 0) is 31.0 Å². The standard InChI is InChI=1S/C15H20N2S/c1-12(16)15(13-7-4-3-5-8-13)17(2)11-14-9-6-10-18-14/h3-10,12,15H,11,16H2,1-2H3. The van der Waals surface area contributed by atoms with Gasteiger partial charge < -0.3 is 5.73 Å². The van der Waals surface area contributed by atoms with Gasteiger partial charge in [0.15, 0.2) is 0 Å². The molecule has 0 saturated heterocycles. The smallest absolute Gasteiger partial charge is 0.0497 e. The Morgan fingerprint density at radius 2 is 1.89 bits per heavy atom. The van der Waals surface area contributed by atoms with Crippen LogP contribution in [0.2, 0.25) is 0 Å². The van der Waals surface area contributed by atoms with Crippen LogP contribution in [0.25, 0.3) is 0 Å². The van der Waals surface area contributed by atoms with Crippen LogP contribution in [0.5, 0.6) is 0 Å². The van der Waals surface area contributed by atoms with Gasteiger partial charge in [0.05, 0.1) is 0 Å². The molecule has 0 aliphatic rings. The molecule has 3 heteroatoms. The lowest BCUT2D eigenvalue weighted by Gasteiger charge is -2.31. The van der Waals surface area contributed by atoms with E-state index in [0.717, 1.165) is 6.54 Å². The number of likely N-dealkylation sites (N-methyl/N-ethyl adjacent to an activating group) is 1. The van der Waals surface area contributed by atoms with Crippen molar-refractivity contribution < 1.29 is 0 Å². The van der Waals surface area contributed by atoms with Crippen molar-refractivity contribution in [3.63, 3.8) is 0 Å². The summed E-state index contributed by atoms with van der Waals surface area (Å²) in [5, 5.41) is 2.12. The van der Waals surface area contributed by atoms with Gasteiger partial charge in [0.25, 0.3) is 0 Å². The molecule has 96 valence electrons. The maximum Gasteiger partial charge on any atom is 0.0497 e. The van der Waals surface area contributed by atoms with Crippen molar-refractivity contribution in [3.05, 3.63) is 58.3 Å². The Kier molecular flexibility index (Phi) is 4.53. The van der Waals surface area contributed by atoms with E-state index in [4.69, 9.17) is 5.73 Å². The maximum atomic E-state index is 6.16. The molecular formula is C15H20N2S. The van der Waals surface area contributed by atoms with Crippen molar-refractivity contribution >= 4 is 11.3 Å². The van der Waals surface area contributed by atoms with Crippen molar-refractivity contribution in [1.82, 2.24) is 4.90 Å². The maximum absolute atomic E-state index is 6.16. The van der Waals surface area contributed by atoms with Crippen molar-refractivity contribution in [3.8, 4) is 0 Å². The quantitative estimate of drug-likeness (QED) is 0.894. The summed E-state index contributed by atoms with van der Waals surface area (Å²) in [4.78, 5) is 3.70. The minimum Gasteiger partial charge on any atom is -0.326 e. The number of hydrogen-bond acceptors (Lipinski definition) is 3. The molecule has 2 unspecified atom stereocenters. The van der Waals surface area contributed by atoms with E-state index in [-0.39, 0.29) is 12.1 Å². The van der Waals surface area contributed by atoms with Crippen LogP contribution >= 0.6 is 11.3 Å². The molecule has 2 nitrogen and oxygen atoms in total. The van der Waals surface area contributed by atoms with Crippen LogP contribution in [0.4, 0.5) is 0 Å². The molecule has 0 spiro atoms. The SMILES string of the molecule is CC(N)C(c1ccccc1)N(C)Cc1cccs1. The first-order valence-corrected chi connectivity index (χ1v) is 7.09. The molecule has 0 aliphatic carbocycles. The molecule has 1 aromatic heterocycles. The molecule has 0 bridgehead atoms. The molecule has 18 heavy (non-hydrogen) atoms. The zero-order valence-electron chi connectivity index (χ0n) is 10.9. The Balaban J connectivity index is 2.15. The van der Waals surface area contributed by atoms with Crippen LogP contribution in [-0.4, -0.2) is 18.0 Å². The third kappa shape index (κ3) is 3.19. The highest BCUT2D eigenvalue weighted by molar-refractivity contribution is 7.09. The number of nitrogens with zero attached hydrogens (tertiary/aromatic N) is 1. The molecular weight excluding hydrogens is 240 g/mol. The molecule has 2 aromatic rings. The minimum absolute atomic E-state index is 0.109. The molecule has 1 heterocycles. The molecule has 0 fully saturated rings. The molecule has 0 aliphatic heterocycles. The summed E-state index contributed by atoms with van der Waals surface area (Å²) in [7, 11) is 2.14. The van der Waals surface area contributed by atoms with Gasteiger partial charge in [-0.3, -0.25) is 4.90 Å². The average Bonchev–Trinajstić information content (AvgIpc) is 2.83. The van der Waals surface area contributed by atoms with Gasteiger partial charge in [0.2, 0.25) is 0 Å². The van der Waals surface area contributed by atoms with E-state index in [1.165, 1.54) is 10.4 Å². The first-order chi connectivity index (χ1) is 8.68. The molecule has 1 aromatic carbocycles. The van der Waals surface area contributed by atoms with Gasteiger partial charge in [0.1, 0.15) is 0 Å². The highest BCUT2D eigenvalue weighted by Gasteiger charge is 2.21. The van der Waals surface area contributed by atoms with Gasteiger partial charge in [-0.1, -0.05) is 36.4 Å². The predicted octanol–water partition coefficient (Wildman–Crippen LogP) is 3.27. The summed E-state index contributed by atoms with van der Waals surface area (Å²) < 4.78 is 0. The Bertz CT molecular complexity index is 451. The second-order valence-corrected chi connectivity index (χ2v) is 5.74. The van der Waals surface area contributed by atoms with Crippen molar-refractivity contribution in [2.24, 2.45) is 5.73 Å². The van der Waals surface area contributed by atoms with Gasteiger partial charge in [-0.15, -0.1) is 11.3 Å². The fourth-order valence-electron chi connectivity index (χ4n) is 2.36. The van der Waals surface area contributed by atoms with Gasteiger partial charge in [-0.2, -0.15) is 0 Å². The Morgan fingerprint density at radius 3 is 2.44 bits per heavy atom. The number of hydrogen-bond donors (Lipinski definition) is 1. The minimum atomic E-state index is 0.109. The zero-order valence-corrected chi connectivity index (χ0v) is 11.7. The Labute approximate surface area is 113 Å². The van der Waals surface area contributed by atoms with Gasteiger partial charge in [0, 0.05) is 23.5 Å². The lowest BCUT2D eigenvalue weighted by Crippen LogP contribution is -2.36. The van der Waals surface area contributed by atoms with Crippen molar-refractivity contribution in [2.45, 2.75) is 25.6 Å². The van der Waals surface area contributed by atoms with Crippen LogP contribution in [0.15, 0.2) is 47.8 Å². The lowest BCUT2D eigenvalue weighted by molar-refractivity contribution is 0.212. The summed E-state index contributed by atoms with van der Waals surface area (Å²) in [6, 6.07) is 15.1. The van der Waals surface area contributed by atoms with E-state index in [2.05, 4.69) is 60.6 Å². The van der Waals surface area contributed by atoms with E-state index in [0.29, 0.717) is 0 Å². The van der Waals surface area contributed by atoms with Crippen LogP contribution in [0.3, 0.4) is 0 Å². The van der Waals surface area contributed by atoms with Gasteiger partial charge in [-0.25, -0.2) is 0 Å². The fraction of sp³-hybridized carbons (Fsp3) is 0.333. The van der Waals surface area contributed by atoms with Crippen molar-refractivity contribution in [1.29, 1.82) is 0 Å². The number of benzene rings is 1. The van der Waals surface area contributed by atoms with Gasteiger partial charge >= 0.3 is 0 Å². The van der Waals surface area contributed by atoms with E-state index >= 15 is 0 Å². The molecule has 0 saturated carbocycles. The molecule has 0 radical (unpaired) electrons. The number of rotatable bonds is 5. The van der Waals surface area contributed by atoms with Crippen LogP contribution in [-0.2, 0) is 6.54 Å². The second kappa shape index (κ2) is 6.14. The topological polar surface area (TPSA) is 29.3 Å². The first kappa shape index (κ1) is 13.3. The largest absolute Gasteiger partial charge is 0.326 e. The molecule has 2 rings (SSSR count). The van der Waals surface area contributed by atoms with E-state index in [9.17, 15) is 0 Å². The molecule has 0 amide bonds. The summed E-state index contributed by atoms with van der Waals surface area (Å²) >= 11 is 1.79. The number of thiophene rings is 1. The fourth-order valence-corrected chi connectivity index (χ4v) is 3.12. The van der Waals surface area contributed by atoms with E-state index in [1.54, 1.807) is 11.3 Å². The third-order valence-electron chi connectivity index (χ3n) is 3.10. The average molecular weight is 260 g/mol. The third-order valence-corrected chi connectivity index (χ3v) is 3.96. The van der Waals surface area contributed by atoms with Crippen LogP contribution < -0.4 is 5.73 Å². The normalized spacial score (nSPS) is 14.7. The summed E-state index contributed by atoms with van der Waals surface area (Å²) in [6.45, 7) is 3.02. The second-order valence-electron chi connectivity index (χ2n) is 4.71. The highest BCUT2D eigenvalue weighted by atomic mass is 32.1. The van der Waals surface area contributed by atoms with Crippen LogP contribution in [0, 0.1) is 0 Å². The lowest BCUT2D eigenvalue weighted by atomic mass is 9.99. The first-order valence-electron chi connectivity index (χ1n) is 6.21. The Morgan fingerprint density at radius 1 is 1.17 bits per heavy atom. The Hall–Kier alpha value is -1.16. The summed E-state index contributed by atoms with van der Waals surface area (Å²) in [5.41, 5.74) is 7.44. The summed E-state index contributed by atoms with van der Waals surface area (Å²) in [6.07, 6.45) is 0. The molecule has 2 N–H and O–H groups in total. The monoisotopic (exact) mass is 260 g/mol. The highest BCUT2D eigenvalue weighted by Crippen LogP contribution is 2.24. The number of nitrogens with two attached hydrogens (primary N) is 1. The predicted molar refractivity (Wildman–Crippen MR) is 78.6 cm³/mol. The molecule has 2 atom stereocenters.